The molecule has 0 bridgehead atoms. The fourth-order valence-corrected chi connectivity index (χ4v) is 4.29. The normalized spacial score (nSPS) is 20.3. The van der Waals surface area contributed by atoms with Gasteiger partial charge in [-0.25, -0.2) is 9.67 Å². The first kappa shape index (κ1) is 15.1. The molecule has 1 atom stereocenters. The summed E-state index contributed by atoms with van der Waals surface area (Å²) in [5, 5.41) is 6.15. The average molecular weight is 336 g/mol. The van der Waals surface area contributed by atoms with Crippen LogP contribution in [0.2, 0.25) is 0 Å². The first-order valence-electron chi connectivity index (χ1n) is 9.51. The highest BCUT2D eigenvalue weighted by Gasteiger charge is 2.25. The van der Waals surface area contributed by atoms with Crippen LogP contribution < -0.4 is 0 Å². The van der Waals surface area contributed by atoms with Gasteiger partial charge in [-0.3, -0.25) is 0 Å². The van der Waals surface area contributed by atoms with Crippen LogP contribution in [-0.4, -0.2) is 33.0 Å². The molecule has 25 heavy (non-hydrogen) atoms. The summed E-state index contributed by atoms with van der Waals surface area (Å²) in [5.74, 6) is 1.90. The smallest absolute Gasteiger partial charge is 0.160 e. The molecule has 1 aliphatic carbocycles. The molecule has 0 spiro atoms. The number of fused-ring (bicyclic) bond motifs is 3. The second-order valence-electron chi connectivity index (χ2n) is 7.18. The van der Waals surface area contributed by atoms with E-state index < -0.39 is 0 Å². The second-order valence-corrected chi connectivity index (χ2v) is 7.18. The van der Waals surface area contributed by atoms with Crippen molar-refractivity contribution in [2.75, 3.05) is 13.2 Å². The van der Waals surface area contributed by atoms with Crippen molar-refractivity contribution in [3.8, 4) is 11.4 Å². The molecule has 5 rings (SSSR count). The van der Waals surface area contributed by atoms with E-state index in [1.54, 1.807) is 0 Å². The molecule has 5 heteroatoms. The maximum absolute atomic E-state index is 5.60. The van der Waals surface area contributed by atoms with Gasteiger partial charge >= 0.3 is 0 Å². The summed E-state index contributed by atoms with van der Waals surface area (Å²) in [5.41, 5.74) is 5.32. The van der Waals surface area contributed by atoms with Crippen molar-refractivity contribution in [2.24, 2.45) is 0 Å². The van der Waals surface area contributed by atoms with Gasteiger partial charge in [0, 0.05) is 29.7 Å². The van der Waals surface area contributed by atoms with Crippen LogP contribution in [0.25, 0.3) is 22.3 Å². The molecule has 1 aliphatic heterocycles. The predicted octanol–water partition coefficient (Wildman–Crippen LogP) is 3.83. The van der Waals surface area contributed by atoms with Gasteiger partial charge in [-0.2, -0.15) is 5.10 Å². The third-order valence-corrected chi connectivity index (χ3v) is 5.62. The Balaban J connectivity index is 1.71. The molecule has 0 saturated carbocycles. The Bertz CT molecular complexity index is 917. The number of hydrogen-bond acceptors (Lipinski definition) is 3. The van der Waals surface area contributed by atoms with Crippen LogP contribution >= 0.6 is 0 Å². The molecule has 3 heterocycles. The number of nitrogens with zero attached hydrogens (tertiary/aromatic N) is 3. The van der Waals surface area contributed by atoms with Crippen LogP contribution in [0.15, 0.2) is 18.2 Å². The van der Waals surface area contributed by atoms with Crippen molar-refractivity contribution in [3.05, 3.63) is 35.3 Å². The molecule has 5 nitrogen and oxygen atoms in total. The quantitative estimate of drug-likeness (QED) is 0.791. The van der Waals surface area contributed by atoms with Crippen molar-refractivity contribution in [1.82, 2.24) is 19.7 Å². The lowest BCUT2D eigenvalue weighted by atomic mass is 9.95. The molecule has 1 N–H and O–H groups in total. The van der Waals surface area contributed by atoms with Gasteiger partial charge in [0.15, 0.2) is 11.6 Å². The number of nitrogens with one attached hydrogen (secondary N) is 1. The van der Waals surface area contributed by atoms with Gasteiger partial charge in [0.05, 0.1) is 18.2 Å². The Labute approximate surface area is 147 Å². The number of ether oxygens (including phenoxy) is 1. The fraction of sp³-hybridized carbons (Fsp3) is 0.500. The predicted molar refractivity (Wildman–Crippen MR) is 97.8 cm³/mol. The lowest BCUT2D eigenvalue weighted by Crippen LogP contribution is -2.12. The van der Waals surface area contributed by atoms with Gasteiger partial charge in [0.2, 0.25) is 0 Å². The molecule has 3 aromatic rings. The van der Waals surface area contributed by atoms with Crippen LogP contribution in [0.5, 0.6) is 0 Å². The van der Waals surface area contributed by atoms with E-state index in [0.717, 1.165) is 44.1 Å². The second kappa shape index (κ2) is 5.99. The van der Waals surface area contributed by atoms with E-state index in [1.807, 2.05) is 0 Å². The number of H-pyrrole nitrogens is 1. The minimum atomic E-state index is 0.294. The Morgan fingerprint density at radius 1 is 1.28 bits per heavy atom. The zero-order chi connectivity index (χ0) is 16.8. The summed E-state index contributed by atoms with van der Waals surface area (Å²) < 4.78 is 7.71. The van der Waals surface area contributed by atoms with E-state index in [0.29, 0.717) is 6.04 Å². The maximum Gasteiger partial charge on any atom is 0.160 e. The first-order chi connectivity index (χ1) is 12.3. The highest BCUT2D eigenvalue weighted by molar-refractivity contribution is 5.95. The number of aromatic amines is 1. The molecule has 1 fully saturated rings. The van der Waals surface area contributed by atoms with Crippen molar-refractivity contribution in [1.29, 1.82) is 0 Å². The van der Waals surface area contributed by atoms with E-state index in [2.05, 4.69) is 34.8 Å². The Morgan fingerprint density at radius 2 is 2.20 bits per heavy atom. The first-order valence-corrected chi connectivity index (χ1v) is 9.51. The van der Waals surface area contributed by atoms with E-state index in [4.69, 9.17) is 14.8 Å². The Morgan fingerprint density at radius 3 is 3.04 bits per heavy atom. The lowest BCUT2D eigenvalue weighted by molar-refractivity contribution is 0.184. The molecule has 1 saturated heterocycles. The summed E-state index contributed by atoms with van der Waals surface area (Å²) in [7, 11) is 0. The van der Waals surface area contributed by atoms with Gasteiger partial charge in [-0.1, -0.05) is 19.1 Å². The minimum absolute atomic E-state index is 0.294. The molecule has 2 aromatic heterocycles. The van der Waals surface area contributed by atoms with Crippen LogP contribution in [-0.2, 0) is 24.0 Å². The topological polar surface area (TPSA) is 55.7 Å². The van der Waals surface area contributed by atoms with Crippen molar-refractivity contribution in [2.45, 2.75) is 51.5 Å². The summed E-state index contributed by atoms with van der Waals surface area (Å²) >= 11 is 0. The maximum atomic E-state index is 5.60. The number of benzene rings is 1. The molecule has 0 amide bonds. The molecule has 2 aliphatic rings. The third kappa shape index (κ3) is 2.41. The third-order valence-electron chi connectivity index (χ3n) is 5.62. The van der Waals surface area contributed by atoms with Crippen LogP contribution in [0.1, 0.15) is 49.3 Å². The number of aromatic nitrogens is 4. The Kier molecular flexibility index (Phi) is 3.63. The number of rotatable bonds is 3. The highest BCUT2D eigenvalue weighted by atomic mass is 16.5. The zero-order valence-corrected chi connectivity index (χ0v) is 14.7. The molecule has 1 unspecified atom stereocenters. The van der Waals surface area contributed by atoms with Crippen molar-refractivity contribution < 1.29 is 4.74 Å². The van der Waals surface area contributed by atoms with Crippen molar-refractivity contribution in [3.63, 3.8) is 0 Å². The molecule has 1 aromatic carbocycles. The summed E-state index contributed by atoms with van der Waals surface area (Å²) in [6.07, 6.45) is 6.78. The minimum Gasteiger partial charge on any atom is -0.379 e. The molecule has 0 radical (unpaired) electrons. The van der Waals surface area contributed by atoms with Crippen LogP contribution in [0, 0.1) is 0 Å². The summed E-state index contributed by atoms with van der Waals surface area (Å²) in [6, 6.07) is 6.89. The number of aryl methyl sites for hydroxylation is 3. The largest absolute Gasteiger partial charge is 0.379 e. The standard InChI is InChI=1S/C20H24N4O/c1-2-18-22-20(24(23-18)13-10-11-25-12-13)16-8-5-7-15-14-6-3-4-9-17(14)21-19(15)16/h5,7-8,13,21H,2-4,6,9-12H2,1H3. The monoisotopic (exact) mass is 336 g/mol. The van der Waals surface area contributed by atoms with Gasteiger partial charge in [-0.15, -0.1) is 0 Å². The van der Waals surface area contributed by atoms with E-state index in [9.17, 15) is 0 Å². The summed E-state index contributed by atoms with van der Waals surface area (Å²) in [4.78, 5) is 8.59. The number of para-hydroxylation sites is 1. The number of hydrogen-bond donors (Lipinski definition) is 1. The highest BCUT2D eigenvalue weighted by Crippen LogP contribution is 2.35. The van der Waals surface area contributed by atoms with Gasteiger partial charge < -0.3 is 9.72 Å². The van der Waals surface area contributed by atoms with E-state index in [1.165, 1.54) is 47.0 Å². The average Bonchev–Trinajstić information content (AvgIpc) is 3.38. The fourth-order valence-electron chi connectivity index (χ4n) is 4.29. The van der Waals surface area contributed by atoms with Crippen LogP contribution in [0.3, 0.4) is 0 Å². The van der Waals surface area contributed by atoms with E-state index >= 15 is 0 Å². The van der Waals surface area contributed by atoms with E-state index in [-0.39, 0.29) is 0 Å². The summed E-state index contributed by atoms with van der Waals surface area (Å²) in [6.45, 7) is 3.66. The Hall–Kier alpha value is -2.14. The molecular formula is C20H24N4O. The van der Waals surface area contributed by atoms with Crippen molar-refractivity contribution >= 4 is 10.9 Å². The lowest BCUT2D eigenvalue weighted by Gasteiger charge is -2.12. The van der Waals surface area contributed by atoms with Crippen LogP contribution in [0.4, 0.5) is 0 Å². The van der Waals surface area contributed by atoms with Gasteiger partial charge in [-0.05, 0) is 43.7 Å². The van der Waals surface area contributed by atoms with Gasteiger partial charge in [0.25, 0.3) is 0 Å². The van der Waals surface area contributed by atoms with Gasteiger partial charge in [0.1, 0.15) is 0 Å². The molecule has 130 valence electrons. The SMILES string of the molecule is CCc1nc(-c2cccc3c4c([nH]c23)CCCC4)n(C2CCOC2)n1. The zero-order valence-electron chi connectivity index (χ0n) is 14.7. The molecular weight excluding hydrogens is 312 g/mol.